The first kappa shape index (κ1) is 13.4. The number of nitrogens with zero attached hydrogens (tertiary/aromatic N) is 1. The van der Waals surface area contributed by atoms with E-state index < -0.39 is 0 Å². The lowest BCUT2D eigenvalue weighted by atomic mass is 9.88. The number of carbonyl (C=O) groups is 1. The van der Waals surface area contributed by atoms with Crippen LogP contribution in [0.15, 0.2) is 18.5 Å². The van der Waals surface area contributed by atoms with Crippen LogP contribution in [0.25, 0.3) is 0 Å². The van der Waals surface area contributed by atoms with Crippen molar-refractivity contribution in [1.82, 2.24) is 10.3 Å². The molecule has 0 bridgehead atoms. The average Bonchev–Trinajstić information content (AvgIpc) is 2.27. The van der Waals surface area contributed by atoms with Crippen LogP contribution in [-0.4, -0.2) is 16.9 Å². The molecule has 94 valence electrons. The maximum absolute atomic E-state index is 12.0. The summed E-state index contributed by atoms with van der Waals surface area (Å²) < 4.78 is 0. The van der Waals surface area contributed by atoms with E-state index in [1.165, 1.54) is 6.20 Å². The molecule has 5 nitrogen and oxygen atoms in total. The van der Waals surface area contributed by atoms with Gasteiger partial charge in [0.05, 0.1) is 17.4 Å². The first-order valence-electron chi connectivity index (χ1n) is 5.57. The number of nitrogens with two attached hydrogens (primary N) is 1. The van der Waals surface area contributed by atoms with E-state index in [-0.39, 0.29) is 17.4 Å². The highest BCUT2D eigenvalue weighted by atomic mass is 16.1. The Labute approximate surface area is 102 Å². The Hall–Kier alpha value is -1.62. The van der Waals surface area contributed by atoms with Gasteiger partial charge in [-0.15, -0.1) is 0 Å². The third kappa shape index (κ3) is 3.42. The van der Waals surface area contributed by atoms with Crippen molar-refractivity contribution in [3.63, 3.8) is 0 Å². The Morgan fingerprint density at radius 2 is 2.12 bits per heavy atom. The summed E-state index contributed by atoms with van der Waals surface area (Å²) in [4.78, 5) is 16.0. The molecule has 17 heavy (non-hydrogen) atoms. The number of amides is 1. The summed E-state index contributed by atoms with van der Waals surface area (Å²) in [6, 6.07) is 1.70. The zero-order chi connectivity index (χ0) is 13.1. The Kier molecular flexibility index (Phi) is 4.07. The Balaban J connectivity index is 2.84. The van der Waals surface area contributed by atoms with Gasteiger partial charge in [-0.2, -0.15) is 0 Å². The van der Waals surface area contributed by atoms with Crippen LogP contribution in [0.2, 0.25) is 0 Å². The summed E-state index contributed by atoms with van der Waals surface area (Å²) in [6.07, 6.45) is 3.09. The van der Waals surface area contributed by atoms with E-state index in [0.29, 0.717) is 11.3 Å². The standard InChI is InChI=1S/C12H20N4O/c1-8(12(2,3)4)15-11(17)9-5-6-14-7-10(9)16-13/h5-8,16H,13H2,1-4H3,(H,15,17). The van der Waals surface area contributed by atoms with Gasteiger partial charge >= 0.3 is 0 Å². The predicted octanol–water partition coefficient (Wildman–Crippen LogP) is 1.53. The molecule has 1 heterocycles. The monoisotopic (exact) mass is 236 g/mol. The number of hydrogen-bond acceptors (Lipinski definition) is 4. The van der Waals surface area contributed by atoms with Crippen LogP contribution >= 0.6 is 0 Å². The summed E-state index contributed by atoms with van der Waals surface area (Å²) in [7, 11) is 0. The van der Waals surface area contributed by atoms with Crippen molar-refractivity contribution in [3.8, 4) is 0 Å². The van der Waals surface area contributed by atoms with Crippen LogP contribution in [0.4, 0.5) is 5.69 Å². The smallest absolute Gasteiger partial charge is 0.253 e. The van der Waals surface area contributed by atoms with E-state index in [1.54, 1.807) is 12.3 Å². The molecule has 0 saturated carbocycles. The van der Waals surface area contributed by atoms with Crippen molar-refractivity contribution in [1.29, 1.82) is 0 Å². The van der Waals surface area contributed by atoms with Gasteiger partial charge in [0.1, 0.15) is 0 Å². The molecule has 5 heteroatoms. The molecule has 0 fully saturated rings. The molecular formula is C12H20N4O. The number of carbonyl (C=O) groups excluding carboxylic acids is 1. The minimum Gasteiger partial charge on any atom is -0.349 e. The second-order valence-electron chi connectivity index (χ2n) is 5.13. The summed E-state index contributed by atoms with van der Waals surface area (Å²) in [5.41, 5.74) is 3.50. The van der Waals surface area contributed by atoms with E-state index in [0.717, 1.165) is 0 Å². The lowest BCUT2D eigenvalue weighted by Crippen LogP contribution is -2.41. The van der Waals surface area contributed by atoms with E-state index in [9.17, 15) is 4.79 Å². The average molecular weight is 236 g/mol. The van der Waals surface area contributed by atoms with Crippen LogP contribution in [0.3, 0.4) is 0 Å². The van der Waals surface area contributed by atoms with Crippen molar-refractivity contribution in [2.24, 2.45) is 11.3 Å². The molecule has 0 aliphatic rings. The zero-order valence-corrected chi connectivity index (χ0v) is 10.7. The van der Waals surface area contributed by atoms with E-state index in [2.05, 4.69) is 36.5 Å². The number of nitrogens with one attached hydrogen (secondary N) is 2. The molecule has 1 rings (SSSR count). The molecule has 4 N–H and O–H groups in total. The largest absolute Gasteiger partial charge is 0.349 e. The van der Waals surface area contributed by atoms with Gasteiger partial charge in [0, 0.05) is 12.2 Å². The first-order chi connectivity index (χ1) is 7.86. The van der Waals surface area contributed by atoms with Crippen LogP contribution in [0.1, 0.15) is 38.1 Å². The normalized spacial score (nSPS) is 13.0. The van der Waals surface area contributed by atoms with Crippen LogP contribution in [0.5, 0.6) is 0 Å². The summed E-state index contributed by atoms with van der Waals surface area (Å²) in [6.45, 7) is 8.21. The predicted molar refractivity (Wildman–Crippen MR) is 68.4 cm³/mol. The quantitative estimate of drug-likeness (QED) is 0.549. The molecule has 0 spiro atoms. The lowest BCUT2D eigenvalue weighted by molar-refractivity contribution is 0.0911. The highest BCUT2D eigenvalue weighted by molar-refractivity contribution is 5.99. The molecular weight excluding hydrogens is 216 g/mol. The first-order valence-corrected chi connectivity index (χ1v) is 5.57. The number of nitrogen functional groups attached to an aromatic ring is 1. The number of rotatable bonds is 3. The number of anilines is 1. The molecule has 1 aromatic rings. The third-order valence-corrected chi connectivity index (χ3v) is 2.87. The van der Waals surface area contributed by atoms with Gasteiger partial charge in [-0.25, -0.2) is 0 Å². The van der Waals surface area contributed by atoms with Gasteiger partial charge in [0.15, 0.2) is 0 Å². The highest BCUT2D eigenvalue weighted by Gasteiger charge is 2.23. The Bertz CT molecular complexity index is 398. The van der Waals surface area contributed by atoms with E-state index in [1.807, 2.05) is 6.92 Å². The SMILES string of the molecule is CC(NC(=O)c1ccncc1NN)C(C)(C)C. The Morgan fingerprint density at radius 3 is 2.65 bits per heavy atom. The zero-order valence-electron chi connectivity index (χ0n) is 10.7. The third-order valence-electron chi connectivity index (χ3n) is 2.87. The summed E-state index contributed by atoms with van der Waals surface area (Å²) in [5.74, 6) is 5.18. The molecule has 1 aromatic heterocycles. The molecule has 1 amide bonds. The van der Waals surface area contributed by atoms with Gasteiger partial charge in [0.25, 0.3) is 5.91 Å². The van der Waals surface area contributed by atoms with E-state index in [4.69, 9.17) is 5.84 Å². The van der Waals surface area contributed by atoms with Crippen molar-refractivity contribution >= 4 is 11.6 Å². The number of pyridine rings is 1. The molecule has 1 unspecified atom stereocenters. The van der Waals surface area contributed by atoms with Crippen molar-refractivity contribution < 1.29 is 4.79 Å². The van der Waals surface area contributed by atoms with Gasteiger partial charge in [-0.05, 0) is 18.4 Å². The summed E-state index contributed by atoms with van der Waals surface area (Å²) >= 11 is 0. The number of hydrogen-bond donors (Lipinski definition) is 3. The van der Waals surface area contributed by atoms with Crippen molar-refractivity contribution in [2.45, 2.75) is 33.7 Å². The van der Waals surface area contributed by atoms with Gasteiger partial charge in [0.2, 0.25) is 0 Å². The molecule has 0 aliphatic heterocycles. The number of aromatic nitrogens is 1. The van der Waals surface area contributed by atoms with Crippen molar-refractivity contribution in [3.05, 3.63) is 24.0 Å². The van der Waals surface area contributed by atoms with Gasteiger partial charge < -0.3 is 10.7 Å². The van der Waals surface area contributed by atoms with Crippen molar-refractivity contribution in [2.75, 3.05) is 5.43 Å². The summed E-state index contributed by atoms with van der Waals surface area (Å²) in [5, 5.41) is 2.95. The fourth-order valence-electron chi connectivity index (χ4n) is 1.20. The lowest BCUT2D eigenvalue weighted by Gasteiger charge is -2.28. The van der Waals surface area contributed by atoms with Gasteiger partial charge in [-0.1, -0.05) is 20.8 Å². The molecule has 0 saturated heterocycles. The van der Waals surface area contributed by atoms with Crippen LogP contribution < -0.4 is 16.6 Å². The van der Waals surface area contributed by atoms with Crippen LogP contribution in [0, 0.1) is 5.41 Å². The second kappa shape index (κ2) is 5.14. The Morgan fingerprint density at radius 1 is 1.47 bits per heavy atom. The van der Waals surface area contributed by atoms with Crippen LogP contribution in [-0.2, 0) is 0 Å². The molecule has 0 aliphatic carbocycles. The number of hydrazine groups is 1. The van der Waals surface area contributed by atoms with E-state index >= 15 is 0 Å². The highest BCUT2D eigenvalue weighted by Crippen LogP contribution is 2.20. The fourth-order valence-corrected chi connectivity index (χ4v) is 1.20. The second-order valence-corrected chi connectivity index (χ2v) is 5.13. The maximum Gasteiger partial charge on any atom is 0.253 e. The minimum atomic E-state index is -0.150. The minimum absolute atomic E-state index is 0.0129. The fraction of sp³-hybridized carbons (Fsp3) is 0.500. The van der Waals surface area contributed by atoms with Gasteiger partial charge in [-0.3, -0.25) is 15.6 Å². The molecule has 0 aromatic carbocycles. The molecule has 1 atom stereocenters. The molecule has 0 radical (unpaired) electrons. The topological polar surface area (TPSA) is 80.0 Å². The maximum atomic E-state index is 12.0.